The molecule has 0 saturated heterocycles. The molecule has 3 rings (SSSR count). The number of anilines is 4. The first-order valence-corrected chi connectivity index (χ1v) is 13.2. The van der Waals surface area contributed by atoms with E-state index in [9.17, 15) is 31.2 Å². The molecule has 14 heteroatoms. The van der Waals surface area contributed by atoms with Gasteiger partial charge in [-0.1, -0.05) is 13.8 Å². The highest BCUT2D eigenvalue weighted by molar-refractivity contribution is 7.92. The number of aromatic nitrogens is 1. The number of benzene rings is 1. The number of nitrogens with zero attached hydrogens (tertiary/aromatic N) is 2. The van der Waals surface area contributed by atoms with Crippen molar-refractivity contribution in [2.75, 3.05) is 34.8 Å². The van der Waals surface area contributed by atoms with Gasteiger partial charge in [-0.2, -0.15) is 0 Å². The predicted octanol–water partition coefficient (Wildman–Crippen LogP) is 3.76. The van der Waals surface area contributed by atoms with E-state index >= 15 is 0 Å². The van der Waals surface area contributed by atoms with Gasteiger partial charge in [-0.25, -0.2) is 32.1 Å². The maximum atomic E-state index is 14.9. The van der Waals surface area contributed by atoms with Crippen molar-refractivity contribution in [3.8, 4) is 0 Å². The second kappa shape index (κ2) is 10.5. The van der Waals surface area contributed by atoms with Crippen LogP contribution in [0.15, 0.2) is 24.4 Å². The molecule has 2 aromatic rings. The van der Waals surface area contributed by atoms with E-state index in [1.54, 1.807) is 20.8 Å². The third kappa shape index (κ3) is 6.49. The highest BCUT2D eigenvalue weighted by Gasteiger charge is 2.61. The first-order chi connectivity index (χ1) is 17.2. The normalized spacial score (nSPS) is 16.3. The van der Waals surface area contributed by atoms with Gasteiger partial charge in [0, 0.05) is 25.7 Å². The lowest BCUT2D eigenvalue weighted by Gasteiger charge is -2.24. The van der Waals surface area contributed by atoms with Gasteiger partial charge in [0.05, 0.1) is 35.5 Å². The number of amides is 2. The Labute approximate surface area is 212 Å². The zero-order chi connectivity index (χ0) is 27.7. The monoisotopic (exact) mass is 543 g/mol. The second-order valence-electron chi connectivity index (χ2n) is 8.89. The molecule has 202 valence electrons. The third-order valence-corrected chi connectivity index (χ3v) is 6.89. The number of pyridine rings is 1. The van der Waals surface area contributed by atoms with E-state index < -0.39 is 45.9 Å². The highest BCUT2D eigenvalue weighted by Crippen LogP contribution is 2.49. The van der Waals surface area contributed by atoms with Gasteiger partial charge in [0.25, 0.3) is 11.8 Å². The summed E-state index contributed by atoms with van der Waals surface area (Å²) in [6.45, 7) is 5.27. The lowest BCUT2D eigenvalue weighted by Crippen LogP contribution is -2.27. The average Bonchev–Trinajstić information content (AvgIpc) is 3.44. The van der Waals surface area contributed by atoms with Crippen molar-refractivity contribution in [2.45, 2.75) is 39.0 Å². The van der Waals surface area contributed by atoms with Crippen LogP contribution in [-0.4, -0.2) is 51.0 Å². The van der Waals surface area contributed by atoms with Gasteiger partial charge in [-0.15, -0.1) is 0 Å². The van der Waals surface area contributed by atoms with Crippen molar-refractivity contribution < 1.29 is 36.0 Å². The van der Waals surface area contributed by atoms with Crippen LogP contribution in [0.5, 0.6) is 0 Å². The van der Waals surface area contributed by atoms with E-state index in [1.807, 2.05) is 0 Å². The quantitative estimate of drug-likeness (QED) is 0.389. The van der Waals surface area contributed by atoms with Crippen LogP contribution in [0, 0.1) is 11.7 Å². The maximum Gasteiger partial charge on any atom is 0.278 e. The van der Waals surface area contributed by atoms with Crippen LogP contribution in [0.1, 0.15) is 49.0 Å². The molecule has 1 unspecified atom stereocenters. The molecule has 1 saturated carbocycles. The number of nitrogens with one attached hydrogen (secondary N) is 3. The largest absolute Gasteiger partial charge is 0.353 e. The summed E-state index contributed by atoms with van der Waals surface area (Å²) in [6, 6.07) is 3.65. The Morgan fingerprint density at radius 3 is 2.43 bits per heavy atom. The second-order valence-corrected chi connectivity index (χ2v) is 10.9. The topological polar surface area (TPSA) is 130 Å². The number of carbonyl (C=O) groups is 2. The molecular weight excluding hydrogens is 515 g/mol. The summed E-state index contributed by atoms with van der Waals surface area (Å²) in [5.74, 6) is -7.32. The minimum atomic E-state index is -3.77. The molecule has 1 fully saturated rings. The van der Waals surface area contributed by atoms with Crippen LogP contribution >= 0.6 is 0 Å². The number of carbonyl (C=O) groups excluding carboxylic acids is 2. The van der Waals surface area contributed by atoms with Crippen LogP contribution < -0.4 is 20.4 Å². The minimum Gasteiger partial charge on any atom is -0.353 e. The van der Waals surface area contributed by atoms with E-state index in [2.05, 4.69) is 21.1 Å². The standard InChI is InChI=1S/C23H28F3N5O5S/c1-6-36-30-21(32)14-11-27-20(29-22(33)15-10-23(15,25)26)9-17(14)28-18-8-16(24)13(12(2)3)7-19(18)31(4)37(5,34)35/h7-9,11-12,15H,6,10H2,1-5H3,(H,30,32)(H2,27,28,29,33). The third-order valence-electron chi connectivity index (χ3n) is 5.69. The summed E-state index contributed by atoms with van der Waals surface area (Å²) in [6.07, 6.45) is 1.46. The van der Waals surface area contributed by atoms with Crippen LogP contribution in [0.3, 0.4) is 0 Å². The van der Waals surface area contributed by atoms with Crippen molar-refractivity contribution in [1.82, 2.24) is 10.5 Å². The number of alkyl halides is 2. The fraction of sp³-hybridized carbons (Fsp3) is 0.435. The van der Waals surface area contributed by atoms with Crippen LogP contribution in [-0.2, 0) is 19.7 Å². The molecule has 0 spiro atoms. The van der Waals surface area contributed by atoms with Crippen LogP contribution in [0.2, 0.25) is 0 Å². The van der Waals surface area contributed by atoms with Gasteiger partial charge in [0.1, 0.15) is 17.6 Å². The summed E-state index contributed by atoms with van der Waals surface area (Å²) in [5.41, 5.74) is 2.39. The van der Waals surface area contributed by atoms with E-state index in [-0.39, 0.29) is 46.5 Å². The first kappa shape index (κ1) is 28.2. The van der Waals surface area contributed by atoms with Gasteiger partial charge in [-0.05, 0) is 30.5 Å². The molecule has 0 radical (unpaired) electrons. The number of hydrogen-bond donors (Lipinski definition) is 3. The minimum absolute atomic E-state index is 0.0162. The van der Waals surface area contributed by atoms with Gasteiger partial charge in [0.15, 0.2) is 0 Å². The Bertz CT molecular complexity index is 1320. The van der Waals surface area contributed by atoms with E-state index in [0.29, 0.717) is 0 Å². The highest BCUT2D eigenvalue weighted by atomic mass is 32.2. The lowest BCUT2D eigenvalue weighted by atomic mass is 10.0. The number of halogens is 3. The maximum absolute atomic E-state index is 14.9. The lowest BCUT2D eigenvalue weighted by molar-refractivity contribution is -0.119. The Balaban J connectivity index is 2.08. The van der Waals surface area contributed by atoms with Crippen LogP contribution in [0.25, 0.3) is 0 Å². The molecule has 0 aliphatic heterocycles. The SMILES string of the molecule is CCONC(=O)c1cnc(NC(=O)C2CC2(F)F)cc1Nc1cc(F)c(C(C)C)cc1N(C)S(C)(=O)=O. The average molecular weight is 544 g/mol. The Morgan fingerprint density at radius 2 is 1.89 bits per heavy atom. The molecule has 37 heavy (non-hydrogen) atoms. The van der Waals surface area contributed by atoms with Gasteiger partial charge in [-0.3, -0.25) is 18.7 Å². The van der Waals surface area contributed by atoms with E-state index in [1.165, 1.54) is 19.2 Å². The van der Waals surface area contributed by atoms with Crippen molar-refractivity contribution in [3.63, 3.8) is 0 Å². The fourth-order valence-corrected chi connectivity index (χ4v) is 3.93. The van der Waals surface area contributed by atoms with Crippen molar-refractivity contribution in [1.29, 1.82) is 0 Å². The van der Waals surface area contributed by atoms with Crippen molar-refractivity contribution in [3.05, 3.63) is 41.3 Å². The molecule has 3 N–H and O–H groups in total. The number of rotatable bonds is 10. The van der Waals surface area contributed by atoms with Crippen molar-refractivity contribution in [2.24, 2.45) is 5.92 Å². The summed E-state index contributed by atoms with van der Waals surface area (Å²) in [5, 5.41) is 5.11. The summed E-state index contributed by atoms with van der Waals surface area (Å²) in [4.78, 5) is 33.7. The smallest absolute Gasteiger partial charge is 0.278 e. The molecule has 1 aliphatic rings. The molecule has 1 aromatic carbocycles. The molecular formula is C23H28F3N5O5S. The van der Waals surface area contributed by atoms with E-state index in [4.69, 9.17) is 4.84 Å². The molecule has 1 atom stereocenters. The van der Waals surface area contributed by atoms with Crippen LogP contribution in [0.4, 0.5) is 36.1 Å². The molecule has 1 heterocycles. The van der Waals surface area contributed by atoms with Crippen molar-refractivity contribution >= 4 is 44.7 Å². The summed E-state index contributed by atoms with van der Waals surface area (Å²) >= 11 is 0. The van der Waals surface area contributed by atoms with Gasteiger partial charge in [0.2, 0.25) is 15.9 Å². The Morgan fingerprint density at radius 1 is 1.24 bits per heavy atom. The van der Waals surface area contributed by atoms with Gasteiger partial charge < -0.3 is 10.6 Å². The molecule has 2 amide bonds. The first-order valence-electron chi connectivity index (χ1n) is 11.3. The fourth-order valence-electron chi connectivity index (χ4n) is 3.42. The number of hydrogen-bond acceptors (Lipinski definition) is 7. The van der Waals surface area contributed by atoms with Gasteiger partial charge >= 0.3 is 0 Å². The molecule has 1 aromatic heterocycles. The Kier molecular flexibility index (Phi) is 8.03. The zero-order valence-corrected chi connectivity index (χ0v) is 21.7. The number of hydroxylamine groups is 1. The zero-order valence-electron chi connectivity index (χ0n) is 20.9. The summed E-state index contributed by atoms with van der Waals surface area (Å²) in [7, 11) is -2.48. The number of sulfonamides is 1. The molecule has 0 bridgehead atoms. The predicted molar refractivity (Wildman–Crippen MR) is 132 cm³/mol. The summed E-state index contributed by atoms with van der Waals surface area (Å²) < 4.78 is 67.1. The molecule has 10 nitrogen and oxygen atoms in total. The van der Waals surface area contributed by atoms with E-state index in [0.717, 1.165) is 22.8 Å². The molecule has 1 aliphatic carbocycles. The Hall–Kier alpha value is -3.39.